The van der Waals surface area contributed by atoms with Crippen molar-refractivity contribution >= 4 is 16.7 Å². The summed E-state index contributed by atoms with van der Waals surface area (Å²) in [4.78, 5) is 14.9. The van der Waals surface area contributed by atoms with Crippen LogP contribution in [0.2, 0.25) is 0 Å². The highest BCUT2D eigenvalue weighted by Gasteiger charge is 2.16. The van der Waals surface area contributed by atoms with Crippen molar-refractivity contribution < 1.29 is 13.2 Å². The van der Waals surface area contributed by atoms with E-state index in [0.29, 0.717) is 11.2 Å². The van der Waals surface area contributed by atoms with Crippen molar-refractivity contribution in [2.75, 3.05) is 5.32 Å². The largest absolute Gasteiger partial charge is 0.362 e. The monoisotopic (exact) mass is 321 g/mol. The van der Waals surface area contributed by atoms with Gasteiger partial charge in [0.1, 0.15) is 17.5 Å². The number of aromatic amines is 1. The minimum atomic E-state index is -2.81. The Morgan fingerprint density at radius 3 is 2.61 bits per heavy atom. The Morgan fingerprint density at radius 2 is 1.96 bits per heavy atom. The highest BCUT2D eigenvalue weighted by molar-refractivity contribution is 5.89. The molecule has 2 aromatic heterocycles. The van der Waals surface area contributed by atoms with Crippen molar-refractivity contribution in [1.82, 2.24) is 19.9 Å². The fraction of sp³-hybridized carbons (Fsp3) is 0.267. The number of H-pyrrole nitrogens is 1. The third-order valence-electron chi connectivity index (χ3n) is 3.47. The van der Waals surface area contributed by atoms with Crippen LogP contribution >= 0.6 is 0 Å². The molecule has 8 heteroatoms. The molecule has 3 aromatic rings. The maximum Gasteiger partial charge on any atom is 0.297 e. The van der Waals surface area contributed by atoms with Gasteiger partial charge < -0.3 is 10.3 Å². The summed E-state index contributed by atoms with van der Waals surface area (Å²) in [5.74, 6) is -0.296. The van der Waals surface area contributed by atoms with Gasteiger partial charge >= 0.3 is 0 Å². The molecule has 0 fully saturated rings. The van der Waals surface area contributed by atoms with Gasteiger partial charge in [-0.2, -0.15) is 0 Å². The summed E-state index contributed by atoms with van der Waals surface area (Å²) in [6, 6.07) is 3.74. The molecule has 0 saturated heterocycles. The average Bonchev–Trinajstić information content (AvgIpc) is 2.83. The molecule has 0 saturated carbocycles. The maximum absolute atomic E-state index is 13.4. The SMILES string of the molecule is Cc1nc(CNc2nc(C(F)F)nc3ccc(F)cc23)[nH]c1C. The van der Waals surface area contributed by atoms with Gasteiger partial charge in [-0.3, -0.25) is 0 Å². The summed E-state index contributed by atoms with van der Waals surface area (Å²) >= 11 is 0. The molecule has 23 heavy (non-hydrogen) atoms. The van der Waals surface area contributed by atoms with Crippen molar-refractivity contribution in [3.8, 4) is 0 Å². The van der Waals surface area contributed by atoms with Gasteiger partial charge in [0.25, 0.3) is 6.43 Å². The maximum atomic E-state index is 13.4. The average molecular weight is 321 g/mol. The molecule has 0 bridgehead atoms. The summed E-state index contributed by atoms with van der Waals surface area (Å²) in [5.41, 5.74) is 2.04. The lowest BCUT2D eigenvalue weighted by atomic mass is 10.2. The number of aromatic nitrogens is 4. The summed E-state index contributed by atoms with van der Waals surface area (Å²) < 4.78 is 39.3. The van der Waals surface area contributed by atoms with Gasteiger partial charge in [-0.05, 0) is 32.0 Å². The number of halogens is 3. The van der Waals surface area contributed by atoms with Crippen LogP contribution in [0, 0.1) is 19.7 Å². The minimum absolute atomic E-state index is 0.150. The van der Waals surface area contributed by atoms with Crippen molar-refractivity contribution in [3.05, 3.63) is 47.1 Å². The first-order valence-corrected chi connectivity index (χ1v) is 6.95. The van der Waals surface area contributed by atoms with E-state index in [1.807, 2.05) is 13.8 Å². The van der Waals surface area contributed by atoms with Crippen molar-refractivity contribution in [2.24, 2.45) is 0 Å². The molecule has 0 spiro atoms. The van der Waals surface area contributed by atoms with E-state index in [-0.39, 0.29) is 17.9 Å². The first-order valence-electron chi connectivity index (χ1n) is 6.95. The molecule has 0 radical (unpaired) electrons. The Hall–Kier alpha value is -2.64. The molecule has 1 aromatic carbocycles. The number of aryl methyl sites for hydroxylation is 2. The minimum Gasteiger partial charge on any atom is -0.362 e. The van der Waals surface area contributed by atoms with Crippen molar-refractivity contribution in [3.63, 3.8) is 0 Å². The van der Waals surface area contributed by atoms with Gasteiger partial charge in [-0.15, -0.1) is 0 Å². The van der Waals surface area contributed by atoms with E-state index < -0.39 is 18.1 Å². The van der Waals surface area contributed by atoms with Crippen molar-refractivity contribution in [2.45, 2.75) is 26.8 Å². The zero-order valence-corrected chi connectivity index (χ0v) is 12.5. The molecule has 2 heterocycles. The Labute approximate surface area is 130 Å². The molecular formula is C15H14F3N5. The molecule has 0 atom stereocenters. The molecule has 0 aliphatic carbocycles. The first kappa shape index (κ1) is 15.3. The summed E-state index contributed by atoms with van der Waals surface area (Å²) in [5, 5.41) is 3.26. The second kappa shape index (κ2) is 5.86. The smallest absolute Gasteiger partial charge is 0.297 e. The molecule has 0 aliphatic heterocycles. The third kappa shape index (κ3) is 3.10. The van der Waals surface area contributed by atoms with Gasteiger partial charge in [0.2, 0.25) is 0 Å². The number of rotatable bonds is 4. The van der Waals surface area contributed by atoms with Gasteiger partial charge in [0.15, 0.2) is 5.82 Å². The van der Waals surface area contributed by atoms with Gasteiger partial charge in [0.05, 0.1) is 17.8 Å². The van der Waals surface area contributed by atoms with Crippen molar-refractivity contribution in [1.29, 1.82) is 0 Å². The predicted molar refractivity (Wildman–Crippen MR) is 79.8 cm³/mol. The van der Waals surface area contributed by atoms with E-state index in [4.69, 9.17) is 0 Å². The predicted octanol–water partition coefficient (Wildman–Crippen LogP) is 3.66. The Kier molecular flexibility index (Phi) is 3.89. The van der Waals surface area contributed by atoms with Crippen LogP contribution in [0.15, 0.2) is 18.2 Å². The quantitative estimate of drug-likeness (QED) is 0.769. The normalized spacial score (nSPS) is 11.4. The number of benzene rings is 1. The van der Waals surface area contributed by atoms with E-state index in [2.05, 4.69) is 25.3 Å². The number of hydrogen-bond acceptors (Lipinski definition) is 4. The third-order valence-corrected chi connectivity index (χ3v) is 3.47. The fourth-order valence-electron chi connectivity index (χ4n) is 2.22. The molecule has 120 valence electrons. The summed E-state index contributed by atoms with van der Waals surface area (Å²) in [6.07, 6.45) is -2.81. The highest BCUT2D eigenvalue weighted by Crippen LogP contribution is 2.25. The molecule has 5 nitrogen and oxygen atoms in total. The Bertz CT molecular complexity index is 840. The number of imidazole rings is 1. The number of nitrogens with one attached hydrogen (secondary N) is 2. The number of anilines is 1. The van der Waals surface area contributed by atoms with Crippen LogP contribution in [0.1, 0.15) is 29.5 Å². The zero-order chi connectivity index (χ0) is 16.6. The molecule has 3 rings (SSSR count). The van der Waals surface area contributed by atoms with Gasteiger partial charge in [-0.1, -0.05) is 0 Å². The van der Waals surface area contributed by atoms with E-state index >= 15 is 0 Å². The standard InChI is InChI=1S/C15H14F3N5/c1-7-8(2)21-12(20-7)6-19-14-10-5-9(16)3-4-11(10)22-15(23-14)13(17)18/h3-5,13H,6H2,1-2H3,(H,20,21)(H,19,22,23). The molecular weight excluding hydrogens is 307 g/mol. The lowest BCUT2D eigenvalue weighted by Gasteiger charge is -2.10. The Morgan fingerprint density at radius 1 is 1.17 bits per heavy atom. The van der Waals surface area contributed by atoms with Gasteiger partial charge in [0, 0.05) is 11.1 Å². The molecule has 0 amide bonds. The fourth-order valence-corrected chi connectivity index (χ4v) is 2.22. The molecule has 0 aliphatic rings. The van der Waals surface area contributed by atoms with Gasteiger partial charge in [-0.25, -0.2) is 28.1 Å². The number of fused-ring (bicyclic) bond motifs is 1. The number of hydrogen-bond donors (Lipinski definition) is 2. The lowest BCUT2D eigenvalue weighted by Crippen LogP contribution is -2.07. The highest BCUT2D eigenvalue weighted by atomic mass is 19.3. The molecule has 0 unspecified atom stereocenters. The van der Waals surface area contributed by atoms with Crippen LogP contribution < -0.4 is 5.32 Å². The van der Waals surface area contributed by atoms with E-state index in [0.717, 1.165) is 11.4 Å². The van der Waals surface area contributed by atoms with Crippen LogP contribution in [0.25, 0.3) is 10.9 Å². The van der Waals surface area contributed by atoms with Crippen LogP contribution in [0.3, 0.4) is 0 Å². The van der Waals surface area contributed by atoms with E-state index in [9.17, 15) is 13.2 Å². The summed E-state index contributed by atoms with van der Waals surface area (Å²) in [6.45, 7) is 4.00. The topological polar surface area (TPSA) is 66.5 Å². The second-order valence-electron chi connectivity index (χ2n) is 5.14. The number of nitrogens with zero attached hydrogens (tertiary/aromatic N) is 3. The summed E-state index contributed by atoms with van der Waals surface area (Å²) in [7, 11) is 0. The molecule has 2 N–H and O–H groups in total. The van der Waals surface area contributed by atoms with E-state index in [1.54, 1.807) is 0 Å². The van der Waals surface area contributed by atoms with Crippen LogP contribution in [-0.2, 0) is 6.54 Å². The van der Waals surface area contributed by atoms with Crippen LogP contribution in [-0.4, -0.2) is 19.9 Å². The van der Waals surface area contributed by atoms with E-state index in [1.165, 1.54) is 18.2 Å². The lowest BCUT2D eigenvalue weighted by molar-refractivity contribution is 0.141. The number of alkyl halides is 2. The second-order valence-corrected chi connectivity index (χ2v) is 5.14. The zero-order valence-electron chi connectivity index (χ0n) is 12.5. The Balaban J connectivity index is 1.98. The van der Waals surface area contributed by atoms with Crippen LogP contribution in [0.5, 0.6) is 0 Å². The van der Waals surface area contributed by atoms with Crippen LogP contribution in [0.4, 0.5) is 19.0 Å². The first-order chi connectivity index (χ1) is 10.9.